The van der Waals surface area contributed by atoms with Gasteiger partial charge in [-0.3, -0.25) is 4.90 Å². The van der Waals surface area contributed by atoms with Gasteiger partial charge in [0.1, 0.15) is 0 Å². The van der Waals surface area contributed by atoms with E-state index in [0.717, 1.165) is 51.4 Å². The zero-order valence-electron chi connectivity index (χ0n) is 18.4. The molecule has 1 aliphatic rings. The van der Waals surface area contributed by atoms with Crippen LogP contribution in [0, 0.1) is 5.41 Å². The molecule has 0 bridgehead atoms. The Hall–Kier alpha value is -1.91. The monoisotopic (exact) mass is 385 g/mol. The predicted molar refractivity (Wildman–Crippen MR) is 124 cm³/mol. The van der Waals surface area contributed by atoms with Crippen LogP contribution in [-0.2, 0) is 4.74 Å². The van der Waals surface area contributed by atoms with E-state index in [1.54, 1.807) is 0 Å². The van der Waals surface area contributed by atoms with E-state index < -0.39 is 0 Å². The molecular formula is C24H39N3O. The Kier molecular flexibility index (Phi) is 12.2. The van der Waals surface area contributed by atoms with E-state index in [1.165, 1.54) is 16.5 Å². The number of benzene rings is 2. The molecule has 2 aromatic carbocycles. The van der Waals surface area contributed by atoms with Gasteiger partial charge in [0.25, 0.3) is 0 Å². The molecule has 0 radical (unpaired) electrons. The molecule has 2 N–H and O–H groups in total. The van der Waals surface area contributed by atoms with Crippen molar-refractivity contribution in [2.75, 3.05) is 38.2 Å². The average molecular weight is 386 g/mol. The van der Waals surface area contributed by atoms with Crippen molar-refractivity contribution in [1.29, 1.82) is 5.41 Å². The molecule has 1 fully saturated rings. The number of morpholine rings is 1. The lowest BCUT2D eigenvalue weighted by Crippen LogP contribution is -2.36. The summed E-state index contributed by atoms with van der Waals surface area (Å²) in [4.78, 5) is 2.41. The van der Waals surface area contributed by atoms with Crippen LogP contribution >= 0.6 is 0 Å². The standard InChI is InChI=1S/C13H15N.C9H18N2O.C2H6/c1-10(2)14-13-8-7-11-5-3-4-6-12(11)9-13;1-9(10)3-2-4-11-5-7-12-8-6-11;1-2/h3-10,14H,1-2H3;10H,2-8H2,1H3;1-2H3. The van der Waals surface area contributed by atoms with E-state index in [0.29, 0.717) is 6.04 Å². The van der Waals surface area contributed by atoms with Gasteiger partial charge in [0.2, 0.25) is 0 Å². The number of nitrogens with zero attached hydrogens (tertiary/aromatic N) is 1. The molecule has 0 aromatic heterocycles. The number of fused-ring (bicyclic) bond motifs is 1. The zero-order chi connectivity index (χ0) is 20.8. The molecule has 1 aliphatic heterocycles. The van der Waals surface area contributed by atoms with Gasteiger partial charge in [-0.25, -0.2) is 0 Å². The Bertz CT molecular complexity index is 678. The van der Waals surface area contributed by atoms with E-state index in [9.17, 15) is 0 Å². The Labute approximate surface area is 171 Å². The third kappa shape index (κ3) is 9.86. The minimum Gasteiger partial charge on any atom is -0.383 e. The molecule has 0 atom stereocenters. The van der Waals surface area contributed by atoms with Gasteiger partial charge in [0.05, 0.1) is 13.2 Å². The van der Waals surface area contributed by atoms with Crippen LogP contribution in [0.5, 0.6) is 0 Å². The predicted octanol–water partition coefficient (Wildman–Crippen LogP) is 5.82. The van der Waals surface area contributed by atoms with Gasteiger partial charge in [-0.05, 0) is 63.1 Å². The van der Waals surface area contributed by atoms with Crippen LogP contribution in [0.1, 0.15) is 47.5 Å². The lowest BCUT2D eigenvalue weighted by Gasteiger charge is -2.26. The van der Waals surface area contributed by atoms with E-state index >= 15 is 0 Å². The maximum atomic E-state index is 7.27. The van der Waals surface area contributed by atoms with E-state index in [-0.39, 0.29) is 0 Å². The molecule has 0 amide bonds. The second kappa shape index (κ2) is 14.1. The molecule has 0 saturated carbocycles. The SMILES string of the molecule is CC.CC(=N)CCCN1CCOCC1.CC(C)Nc1ccc2ccccc2c1. The molecule has 3 rings (SSSR count). The zero-order valence-corrected chi connectivity index (χ0v) is 18.4. The smallest absolute Gasteiger partial charge is 0.0594 e. The summed E-state index contributed by atoms with van der Waals surface area (Å²) in [5, 5.41) is 13.2. The molecule has 0 aliphatic carbocycles. The molecule has 28 heavy (non-hydrogen) atoms. The highest BCUT2D eigenvalue weighted by molar-refractivity contribution is 5.85. The van der Waals surface area contributed by atoms with E-state index in [2.05, 4.69) is 66.5 Å². The number of hydrogen-bond acceptors (Lipinski definition) is 4. The summed E-state index contributed by atoms with van der Waals surface area (Å²) in [5.41, 5.74) is 1.99. The Morgan fingerprint density at radius 1 is 1.07 bits per heavy atom. The Balaban J connectivity index is 0.000000260. The largest absolute Gasteiger partial charge is 0.383 e. The van der Waals surface area contributed by atoms with Crippen LogP contribution in [0.3, 0.4) is 0 Å². The van der Waals surface area contributed by atoms with Crippen molar-refractivity contribution >= 4 is 22.2 Å². The summed E-state index contributed by atoms with van der Waals surface area (Å²) in [6.45, 7) is 15.2. The van der Waals surface area contributed by atoms with Crippen LogP contribution in [0.15, 0.2) is 42.5 Å². The summed E-state index contributed by atoms with van der Waals surface area (Å²) < 4.78 is 5.24. The van der Waals surface area contributed by atoms with E-state index in [1.807, 2.05) is 20.8 Å². The number of ether oxygens (including phenoxy) is 1. The molecule has 2 aromatic rings. The second-order valence-corrected chi connectivity index (χ2v) is 7.20. The van der Waals surface area contributed by atoms with Gasteiger partial charge >= 0.3 is 0 Å². The lowest BCUT2D eigenvalue weighted by atomic mass is 10.1. The molecule has 0 spiro atoms. The van der Waals surface area contributed by atoms with Crippen LogP contribution in [-0.4, -0.2) is 49.5 Å². The molecule has 0 unspecified atom stereocenters. The quantitative estimate of drug-likeness (QED) is 0.616. The summed E-state index contributed by atoms with van der Waals surface area (Å²) in [7, 11) is 0. The fraction of sp³-hybridized carbons (Fsp3) is 0.542. The number of rotatable bonds is 6. The van der Waals surface area contributed by atoms with Crippen molar-refractivity contribution in [3.05, 3.63) is 42.5 Å². The topological polar surface area (TPSA) is 48.4 Å². The van der Waals surface area contributed by atoms with Gasteiger partial charge in [-0.1, -0.05) is 44.2 Å². The summed E-state index contributed by atoms with van der Waals surface area (Å²) >= 11 is 0. The molecule has 4 heteroatoms. The fourth-order valence-electron chi connectivity index (χ4n) is 3.01. The first-order valence-corrected chi connectivity index (χ1v) is 10.6. The Morgan fingerprint density at radius 3 is 2.32 bits per heavy atom. The summed E-state index contributed by atoms with van der Waals surface area (Å²) in [6, 6.07) is 15.4. The molecule has 1 heterocycles. The normalized spacial score (nSPS) is 13.9. The van der Waals surface area contributed by atoms with Crippen molar-refractivity contribution in [1.82, 2.24) is 4.90 Å². The van der Waals surface area contributed by atoms with Crippen molar-refractivity contribution < 1.29 is 4.74 Å². The van der Waals surface area contributed by atoms with Gasteiger partial charge in [0.15, 0.2) is 0 Å². The lowest BCUT2D eigenvalue weighted by molar-refractivity contribution is 0.0376. The van der Waals surface area contributed by atoms with Gasteiger partial charge < -0.3 is 15.5 Å². The molecule has 156 valence electrons. The Morgan fingerprint density at radius 2 is 1.71 bits per heavy atom. The first kappa shape index (κ1) is 24.1. The van der Waals surface area contributed by atoms with Gasteiger partial charge in [-0.2, -0.15) is 0 Å². The van der Waals surface area contributed by atoms with Crippen LogP contribution < -0.4 is 5.32 Å². The summed E-state index contributed by atoms with van der Waals surface area (Å²) in [6.07, 6.45) is 2.06. The first-order chi connectivity index (χ1) is 13.5. The highest BCUT2D eigenvalue weighted by Gasteiger charge is 2.08. The highest BCUT2D eigenvalue weighted by atomic mass is 16.5. The maximum Gasteiger partial charge on any atom is 0.0594 e. The van der Waals surface area contributed by atoms with Crippen molar-refractivity contribution in [3.63, 3.8) is 0 Å². The van der Waals surface area contributed by atoms with Crippen LogP contribution in [0.2, 0.25) is 0 Å². The average Bonchev–Trinajstić information content (AvgIpc) is 2.70. The third-order valence-electron chi connectivity index (χ3n) is 4.33. The fourth-order valence-corrected chi connectivity index (χ4v) is 3.01. The van der Waals surface area contributed by atoms with Crippen molar-refractivity contribution in [2.45, 2.75) is 53.5 Å². The molecular weight excluding hydrogens is 346 g/mol. The van der Waals surface area contributed by atoms with Gasteiger partial charge in [0, 0.05) is 30.5 Å². The first-order valence-electron chi connectivity index (χ1n) is 10.6. The molecule has 4 nitrogen and oxygen atoms in total. The third-order valence-corrected chi connectivity index (χ3v) is 4.33. The van der Waals surface area contributed by atoms with Crippen molar-refractivity contribution in [3.8, 4) is 0 Å². The van der Waals surface area contributed by atoms with Crippen molar-refractivity contribution in [2.24, 2.45) is 0 Å². The van der Waals surface area contributed by atoms with E-state index in [4.69, 9.17) is 10.1 Å². The van der Waals surface area contributed by atoms with Crippen LogP contribution in [0.4, 0.5) is 5.69 Å². The number of nitrogens with one attached hydrogen (secondary N) is 2. The highest BCUT2D eigenvalue weighted by Crippen LogP contribution is 2.19. The maximum absolute atomic E-state index is 7.27. The second-order valence-electron chi connectivity index (χ2n) is 7.20. The minimum absolute atomic E-state index is 0.483. The number of anilines is 1. The number of hydrogen-bond donors (Lipinski definition) is 2. The van der Waals surface area contributed by atoms with Gasteiger partial charge in [-0.15, -0.1) is 0 Å². The molecule has 1 saturated heterocycles. The van der Waals surface area contributed by atoms with Crippen LogP contribution in [0.25, 0.3) is 10.8 Å². The summed E-state index contributed by atoms with van der Waals surface area (Å²) in [5.74, 6) is 0. The minimum atomic E-state index is 0.483.